The first-order chi connectivity index (χ1) is 18.2. The molecule has 2 fully saturated rings. The molecule has 2 saturated heterocycles. The third kappa shape index (κ3) is 3.38. The van der Waals surface area contributed by atoms with Crippen LogP contribution in [0.3, 0.4) is 0 Å². The fourth-order valence-corrected chi connectivity index (χ4v) is 6.10. The molecule has 0 radical (unpaired) electrons. The van der Waals surface area contributed by atoms with Crippen molar-refractivity contribution in [3.63, 3.8) is 0 Å². The first-order valence-corrected chi connectivity index (χ1v) is 12.3. The van der Waals surface area contributed by atoms with E-state index in [0.717, 1.165) is 10.3 Å². The number of hydrogen-bond donors (Lipinski definition) is 5. The lowest BCUT2D eigenvalue weighted by Gasteiger charge is -2.46. The fraction of sp³-hybridized carbons (Fsp3) is 0.400. The molecule has 4 aliphatic rings. The number of guanidine groups is 2. The van der Waals surface area contributed by atoms with Crippen LogP contribution in [0.5, 0.6) is 5.75 Å². The van der Waals surface area contributed by atoms with Crippen LogP contribution in [0.25, 0.3) is 10.8 Å². The van der Waals surface area contributed by atoms with E-state index in [1.54, 1.807) is 11.0 Å². The van der Waals surface area contributed by atoms with Gasteiger partial charge in [0, 0.05) is 19.4 Å². The molecule has 7 N–H and O–H groups in total. The van der Waals surface area contributed by atoms with Crippen LogP contribution >= 0.6 is 0 Å². The molecule has 4 aliphatic heterocycles. The molecular weight excluding hydrogens is 492 g/mol. The summed E-state index contributed by atoms with van der Waals surface area (Å²) in [7, 11) is 1.49. The Balaban J connectivity index is 1.31. The Morgan fingerprint density at radius 2 is 1.92 bits per heavy atom. The van der Waals surface area contributed by atoms with Gasteiger partial charge in [0.05, 0.1) is 31.3 Å². The standard InChI is InChI=1S/C25H28N8O5/c1-38-16-7-6-12-4-2-3-5-13(12)19(16)22(37)28-15-11-33-24(27)29-14(10-32-17(34)8-9-18(32)35)20-25(33,21(15)36)31-23(26)30-20/h2-7,14-15,20-21,36H,8-11H2,1H3,(H2,27,29)(H,28,37)(H3,26,30,31)/t14-,15?,20?,21?,25?/m0/s1. The second kappa shape index (κ2) is 8.58. The summed E-state index contributed by atoms with van der Waals surface area (Å²) in [5.74, 6) is -0.455. The van der Waals surface area contributed by atoms with Gasteiger partial charge in [-0.2, -0.15) is 0 Å². The molecule has 6 rings (SSSR count). The highest BCUT2D eigenvalue weighted by Gasteiger charge is 2.65. The number of nitrogens with one attached hydrogen (secondary N) is 2. The number of carbonyl (C=O) groups is 3. The van der Waals surface area contributed by atoms with Crippen molar-refractivity contribution in [3.8, 4) is 5.75 Å². The number of aliphatic hydroxyl groups is 1. The van der Waals surface area contributed by atoms with Crippen molar-refractivity contribution in [2.45, 2.75) is 42.7 Å². The molecule has 198 valence electrons. The predicted octanol–water partition coefficient (Wildman–Crippen LogP) is -1.55. The number of carbonyl (C=O) groups excluding carboxylic acids is 3. The van der Waals surface area contributed by atoms with E-state index in [1.807, 2.05) is 30.3 Å². The van der Waals surface area contributed by atoms with E-state index in [4.69, 9.17) is 16.2 Å². The fourth-order valence-electron chi connectivity index (χ4n) is 6.10. The van der Waals surface area contributed by atoms with Crippen LogP contribution in [-0.4, -0.2) is 94.6 Å². The molecule has 0 saturated carbocycles. The van der Waals surface area contributed by atoms with Gasteiger partial charge in [-0.25, -0.2) is 9.98 Å². The molecule has 5 atom stereocenters. The first-order valence-electron chi connectivity index (χ1n) is 12.3. The van der Waals surface area contributed by atoms with E-state index < -0.39 is 35.8 Å². The van der Waals surface area contributed by atoms with Gasteiger partial charge in [-0.1, -0.05) is 30.3 Å². The molecule has 4 unspecified atom stereocenters. The van der Waals surface area contributed by atoms with Crippen molar-refractivity contribution in [2.24, 2.45) is 21.5 Å². The SMILES string of the molecule is COc1ccc2ccccc2c1C(=O)NC1CN2C(N)=N[C@@H](CN3C(=O)CCC3=O)C3N=C(N)NC32C1O. The summed E-state index contributed by atoms with van der Waals surface area (Å²) < 4.78 is 5.47. The monoisotopic (exact) mass is 520 g/mol. The molecule has 0 aromatic heterocycles. The van der Waals surface area contributed by atoms with Gasteiger partial charge in [-0.15, -0.1) is 0 Å². The van der Waals surface area contributed by atoms with E-state index in [-0.39, 0.29) is 49.7 Å². The lowest BCUT2D eigenvalue weighted by Crippen LogP contribution is -2.73. The largest absolute Gasteiger partial charge is 0.496 e. The van der Waals surface area contributed by atoms with Crippen LogP contribution in [-0.2, 0) is 9.59 Å². The number of hydrogen-bond acceptors (Lipinski definition) is 11. The number of fused-ring (bicyclic) bond motifs is 1. The molecule has 2 aromatic rings. The van der Waals surface area contributed by atoms with Gasteiger partial charge in [0.25, 0.3) is 5.91 Å². The predicted molar refractivity (Wildman–Crippen MR) is 137 cm³/mol. The number of nitrogens with two attached hydrogens (primary N) is 2. The number of rotatable bonds is 5. The van der Waals surface area contributed by atoms with E-state index in [9.17, 15) is 19.5 Å². The highest BCUT2D eigenvalue weighted by Crippen LogP contribution is 2.40. The average Bonchev–Trinajstić information content (AvgIpc) is 3.52. The van der Waals surface area contributed by atoms with Gasteiger partial charge in [-0.05, 0) is 16.8 Å². The van der Waals surface area contributed by atoms with Crippen molar-refractivity contribution in [2.75, 3.05) is 20.2 Å². The zero-order valence-electron chi connectivity index (χ0n) is 20.6. The summed E-state index contributed by atoms with van der Waals surface area (Å²) in [6.45, 7) is 0.0873. The third-order valence-electron chi connectivity index (χ3n) is 7.83. The number of ether oxygens (including phenoxy) is 1. The Kier molecular flexibility index (Phi) is 5.42. The molecule has 0 aliphatic carbocycles. The number of aliphatic imine (C=N–C) groups is 2. The van der Waals surface area contributed by atoms with E-state index in [1.165, 1.54) is 7.11 Å². The Bertz CT molecular complexity index is 1410. The summed E-state index contributed by atoms with van der Waals surface area (Å²) in [5, 5.41) is 19.2. The number of amides is 3. The maximum absolute atomic E-state index is 13.6. The number of methoxy groups -OCH3 is 1. The summed E-state index contributed by atoms with van der Waals surface area (Å²) in [6.07, 6.45) is -0.932. The van der Waals surface area contributed by atoms with Gasteiger partial charge < -0.3 is 36.8 Å². The lowest BCUT2D eigenvalue weighted by atomic mass is 9.87. The zero-order valence-corrected chi connectivity index (χ0v) is 20.6. The molecule has 0 bridgehead atoms. The maximum Gasteiger partial charge on any atom is 0.256 e. The Morgan fingerprint density at radius 3 is 2.66 bits per heavy atom. The van der Waals surface area contributed by atoms with Gasteiger partial charge in [0.2, 0.25) is 11.8 Å². The molecule has 2 aromatic carbocycles. The first kappa shape index (κ1) is 24.0. The summed E-state index contributed by atoms with van der Waals surface area (Å²) in [4.78, 5) is 50.0. The van der Waals surface area contributed by atoms with Gasteiger partial charge in [0.1, 0.15) is 17.9 Å². The second-order valence-corrected chi connectivity index (χ2v) is 9.86. The van der Waals surface area contributed by atoms with Crippen LogP contribution in [0.1, 0.15) is 23.2 Å². The molecular formula is C25H28N8O5. The van der Waals surface area contributed by atoms with Crippen molar-refractivity contribution in [3.05, 3.63) is 42.0 Å². The summed E-state index contributed by atoms with van der Waals surface area (Å²) in [5.41, 5.74) is 11.5. The average molecular weight is 521 g/mol. The molecule has 4 heterocycles. The van der Waals surface area contributed by atoms with Crippen molar-refractivity contribution in [1.29, 1.82) is 0 Å². The molecule has 13 heteroatoms. The Morgan fingerprint density at radius 1 is 1.18 bits per heavy atom. The third-order valence-corrected chi connectivity index (χ3v) is 7.83. The number of aliphatic hydroxyl groups excluding tert-OH is 1. The minimum absolute atomic E-state index is 0.0337. The number of benzene rings is 2. The van der Waals surface area contributed by atoms with Crippen molar-refractivity contribution in [1.82, 2.24) is 20.4 Å². The maximum atomic E-state index is 13.6. The van der Waals surface area contributed by atoms with Gasteiger partial charge in [0.15, 0.2) is 17.6 Å². The lowest BCUT2D eigenvalue weighted by molar-refractivity contribution is -0.138. The minimum Gasteiger partial charge on any atom is -0.496 e. The number of imide groups is 1. The summed E-state index contributed by atoms with van der Waals surface area (Å²) >= 11 is 0. The second-order valence-electron chi connectivity index (χ2n) is 9.86. The molecule has 13 nitrogen and oxygen atoms in total. The highest BCUT2D eigenvalue weighted by molar-refractivity contribution is 6.09. The van der Waals surface area contributed by atoms with E-state index in [2.05, 4.69) is 20.6 Å². The summed E-state index contributed by atoms with van der Waals surface area (Å²) in [6, 6.07) is 8.76. The molecule has 1 spiro atoms. The Hall–Kier alpha value is -4.39. The highest BCUT2D eigenvalue weighted by atomic mass is 16.5. The Labute approximate surface area is 217 Å². The zero-order chi connectivity index (χ0) is 26.8. The van der Waals surface area contributed by atoms with Crippen molar-refractivity contribution < 1.29 is 24.2 Å². The normalized spacial score (nSPS) is 30.1. The molecule has 38 heavy (non-hydrogen) atoms. The van der Waals surface area contributed by atoms with Crippen LogP contribution in [0.2, 0.25) is 0 Å². The number of likely N-dealkylation sites (tertiary alicyclic amines) is 1. The topological polar surface area (TPSA) is 188 Å². The van der Waals surface area contributed by atoms with Crippen LogP contribution in [0, 0.1) is 0 Å². The quantitative estimate of drug-likeness (QED) is 0.291. The van der Waals surface area contributed by atoms with E-state index in [0.29, 0.717) is 16.7 Å². The van der Waals surface area contributed by atoms with Crippen LogP contribution in [0.4, 0.5) is 0 Å². The van der Waals surface area contributed by atoms with E-state index >= 15 is 0 Å². The van der Waals surface area contributed by atoms with Crippen LogP contribution < -0.4 is 26.8 Å². The van der Waals surface area contributed by atoms with Crippen molar-refractivity contribution >= 4 is 40.4 Å². The molecule has 3 amide bonds. The van der Waals surface area contributed by atoms with Gasteiger partial charge in [-0.3, -0.25) is 19.3 Å². The van der Waals surface area contributed by atoms with Gasteiger partial charge >= 0.3 is 0 Å². The number of nitrogens with zero attached hydrogens (tertiary/aromatic N) is 4. The smallest absolute Gasteiger partial charge is 0.256 e. The van der Waals surface area contributed by atoms with Crippen LogP contribution in [0.15, 0.2) is 46.4 Å². The minimum atomic E-state index is -1.31.